The second-order valence-corrected chi connectivity index (χ2v) is 13.3. The van der Waals surface area contributed by atoms with E-state index in [0.29, 0.717) is 0 Å². The molecule has 0 aromatic heterocycles. The molecule has 0 spiro atoms. The van der Waals surface area contributed by atoms with E-state index in [1.165, 1.54) is 98.4 Å². The number of fused-ring (bicyclic) bond motifs is 6. The van der Waals surface area contributed by atoms with Crippen molar-refractivity contribution in [1.29, 1.82) is 0 Å². The van der Waals surface area contributed by atoms with Gasteiger partial charge in [-0.25, -0.2) is 0 Å². The van der Waals surface area contributed by atoms with Crippen molar-refractivity contribution in [3.05, 3.63) is 194 Å². The Morgan fingerprint density at radius 3 is 1.36 bits per heavy atom. The van der Waals surface area contributed by atoms with Gasteiger partial charge in [-0.3, -0.25) is 0 Å². The molecule has 0 bridgehead atoms. The van der Waals surface area contributed by atoms with E-state index in [4.69, 9.17) is 0 Å². The molecule has 0 unspecified atom stereocenters. The van der Waals surface area contributed by atoms with Crippen molar-refractivity contribution >= 4 is 53.9 Å². The van der Waals surface area contributed by atoms with Crippen molar-refractivity contribution in [1.82, 2.24) is 0 Å². The van der Waals surface area contributed by atoms with Crippen molar-refractivity contribution in [2.45, 2.75) is 0 Å². The molecule has 0 atom stereocenters. The number of benzene rings is 10. The summed E-state index contributed by atoms with van der Waals surface area (Å²) in [5.41, 5.74) is 9.94. The molecular weight excluding hydrogens is 601 g/mol. The van der Waals surface area contributed by atoms with Gasteiger partial charge in [0.2, 0.25) is 0 Å². The minimum Gasteiger partial charge on any atom is -0.0622 e. The van der Waals surface area contributed by atoms with Gasteiger partial charge >= 0.3 is 0 Å². The summed E-state index contributed by atoms with van der Waals surface area (Å²) in [7, 11) is 0. The first-order valence-corrected chi connectivity index (χ1v) is 17.3. The maximum absolute atomic E-state index is 2.37. The fraction of sp³-hybridized carbons (Fsp3) is 0. The SMILES string of the molecule is c1ccc(-c2c3ccccc3c(-c3cccc(-c4cccc(-c5cccc6c5ccc5cc7ccccc7cc56)c4)c3)c3ccccc23)cc1. The van der Waals surface area contributed by atoms with Crippen LogP contribution in [0.3, 0.4) is 0 Å². The van der Waals surface area contributed by atoms with Gasteiger partial charge in [0, 0.05) is 0 Å². The Bertz CT molecular complexity index is 2860. The standard InChI is InChI=1S/C50H32/c1-2-13-33(14-3-1)49-44-21-6-8-23-46(44)50(47-24-9-7-22-45(47)49)40-20-11-18-36(31-40)35-17-10-19-38(29-35)41-25-12-26-42-43(41)28-27-39-30-34-15-4-5-16-37(34)32-48(39)42/h1-32H. The summed E-state index contributed by atoms with van der Waals surface area (Å²) >= 11 is 0. The van der Waals surface area contributed by atoms with E-state index in [-0.39, 0.29) is 0 Å². The predicted octanol–water partition coefficient (Wildman–Crippen LogP) is 14.1. The molecule has 0 radical (unpaired) electrons. The van der Waals surface area contributed by atoms with Gasteiger partial charge in [0.05, 0.1) is 0 Å². The lowest BCUT2D eigenvalue weighted by Crippen LogP contribution is -1.91. The van der Waals surface area contributed by atoms with E-state index in [0.717, 1.165) is 0 Å². The second-order valence-electron chi connectivity index (χ2n) is 13.3. The Kier molecular flexibility index (Phi) is 6.60. The summed E-state index contributed by atoms with van der Waals surface area (Å²) in [6.07, 6.45) is 0. The highest BCUT2D eigenvalue weighted by Crippen LogP contribution is 2.44. The van der Waals surface area contributed by atoms with Gasteiger partial charge in [-0.1, -0.05) is 170 Å². The Labute approximate surface area is 291 Å². The van der Waals surface area contributed by atoms with Gasteiger partial charge in [-0.05, 0) is 123 Å². The molecule has 10 aromatic rings. The lowest BCUT2D eigenvalue weighted by molar-refractivity contribution is 1.60. The van der Waals surface area contributed by atoms with Crippen LogP contribution in [-0.2, 0) is 0 Å². The molecule has 50 heavy (non-hydrogen) atoms. The molecule has 0 aliphatic carbocycles. The molecule has 0 fully saturated rings. The Balaban J connectivity index is 1.12. The van der Waals surface area contributed by atoms with Crippen LogP contribution in [0, 0.1) is 0 Å². The van der Waals surface area contributed by atoms with Gasteiger partial charge in [-0.15, -0.1) is 0 Å². The zero-order valence-electron chi connectivity index (χ0n) is 27.5. The molecular formula is C50H32. The number of hydrogen-bond donors (Lipinski definition) is 0. The normalized spacial score (nSPS) is 11.6. The average Bonchev–Trinajstić information content (AvgIpc) is 3.19. The molecule has 232 valence electrons. The van der Waals surface area contributed by atoms with Crippen LogP contribution in [0.5, 0.6) is 0 Å². The summed E-state index contributed by atoms with van der Waals surface area (Å²) in [4.78, 5) is 0. The summed E-state index contributed by atoms with van der Waals surface area (Å²) in [6.45, 7) is 0. The first-order valence-electron chi connectivity index (χ1n) is 17.3. The van der Waals surface area contributed by atoms with Crippen LogP contribution in [-0.4, -0.2) is 0 Å². The second kappa shape index (κ2) is 11.6. The lowest BCUT2D eigenvalue weighted by atomic mass is 9.85. The first kappa shape index (κ1) is 28.5. The molecule has 0 aliphatic heterocycles. The molecule has 0 saturated heterocycles. The Hall–Kier alpha value is -6.50. The number of rotatable bonds is 4. The van der Waals surface area contributed by atoms with Gasteiger partial charge < -0.3 is 0 Å². The lowest BCUT2D eigenvalue weighted by Gasteiger charge is -2.18. The van der Waals surface area contributed by atoms with Crippen molar-refractivity contribution in [2.24, 2.45) is 0 Å². The highest BCUT2D eigenvalue weighted by atomic mass is 14.2. The van der Waals surface area contributed by atoms with Gasteiger partial charge in [0.15, 0.2) is 0 Å². The van der Waals surface area contributed by atoms with Crippen LogP contribution < -0.4 is 0 Å². The first-order chi connectivity index (χ1) is 24.8. The third kappa shape index (κ3) is 4.61. The molecule has 0 heteroatoms. The van der Waals surface area contributed by atoms with Crippen molar-refractivity contribution in [2.75, 3.05) is 0 Å². The third-order valence-corrected chi connectivity index (χ3v) is 10.4. The largest absolute Gasteiger partial charge is 0.0622 e. The van der Waals surface area contributed by atoms with Crippen LogP contribution >= 0.6 is 0 Å². The maximum Gasteiger partial charge on any atom is -0.00262 e. The summed E-state index contributed by atoms with van der Waals surface area (Å²) in [5, 5.41) is 12.8. The van der Waals surface area contributed by atoms with Crippen LogP contribution in [0.1, 0.15) is 0 Å². The highest BCUT2D eigenvalue weighted by Gasteiger charge is 2.17. The highest BCUT2D eigenvalue weighted by molar-refractivity contribution is 6.21. The van der Waals surface area contributed by atoms with Gasteiger partial charge in [0.1, 0.15) is 0 Å². The summed E-state index contributed by atoms with van der Waals surface area (Å²) in [6, 6.07) is 71.3. The molecule has 10 aromatic carbocycles. The summed E-state index contributed by atoms with van der Waals surface area (Å²) in [5.74, 6) is 0. The van der Waals surface area contributed by atoms with E-state index >= 15 is 0 Å². The monoisotopic (exact) mass is 632 g/mol. The minimum atomic E-state index is 1.21. The van der Waals surface area contributed by atoms with Crippen LogP contribution in [0.15, 0.2) is 194 Å². The zero-order chi connectivity index (χ0) is 33.0. The molecule has 0 nitrogen and oxygen atoms in total. The van der Waals surface area contributed by atoms with Crippen molar-refractivity contribution in [3.8, 4) is 44.5 Å². The quantitative estimate of drug-likeness (QED) is 0.134. The van der Waals surface area contributed by atoms with Crippen molar-refractivity contribution < 1.29 is 0 Å². The Morgan fingerprint density at radius 1 is 0.200 bits per heavy atom. The van der Waals surface area contributed by atoms with Gasteiger partial charge in [0.25, 0.3) is 0 Å². The van der Waals surface area contributed by atoms with Gasteiger partial charge in [-0.2, -0.15) is 0 Å². The molecule has 0 heterocycles. The molecule has 10 rings (SSSR count). The van der Waals surface area contributed by atoms with Crippen LogP contribution in [0.4, 0.5) is 0 Å². The van der Waals surface area contributed by atoms with Crippen LogP contribution in [0.2, 0.25) is 0 Å². The van der Waals surface area contributed by atoms with E-state index in [1.807, 2.05) is 0 Å². The maximum atomic E-state index is 2.37. The van der Waals surface area contributed by atoms with E-state index in [9.17, 15) is 0 Å². The fourth-order valence-corrected chi connectivity index (χ4v) is 8.11. The van der Waals surface area contributed by atoms with E-state index in [1.54, 1.807) is 0 Å². The van der Waals surface area contributed by atoms with Crippen molar-refractivity contribution in [3.63, 3.8) is 0 Å². The Morgan fingerprint density at radius 2 is 0.680 bits per heavy atom. The predicted molar refractivity (Wildman–Crippen MR) is 216 cm³/mol. The molecule has 0 aliphatic rings. The number of hydrogen-bond acceptors (Lipinski definition) is 0. The van der Waals surface area contributed by atoms with E-state index < -0.39 is 0 Å². The fourth-order valence-electron chi connectivity index (χ4n) is 8.11. The minimum absolute atomic E-state index is 1.21. The summed E-state index contributed by atoms with van der Waals surface area (Å²) < 4.78 is 0. The molecule has 0 saturated carbocycles. The average molecular weight is 633 g/mol. The topological polar surface area (TPSA) is 0 Å². The zero-order valence-corrected chi connectivity index (χ0v) is 27.5. The molecule has 0 amide bonds. The third-order valence-electron chi connectivity index (χ3n) is 10.4. The molecule has 0 N–H and O–H groups in total. The van der Waals surface area contributed by atoms with E-state index in [2.05, 4.69) is 194 Å². The smallest absolute Gasteiger partial charge is 0.00262 e. The van der Waals surface area contributed by atoms with Crippen LogP contribution in [0.25, 0.3) is 98.4 Å².